The number of anilines is 1. The van der Waals surface area contributed by atoms with Crippen LogP contribution in [-0.2, 0) is 32.5 Å². The number of nitrogens with zero attached hydrogens (tertiary/aromatic N) is 3. The first-order valence-electron chi connectivity index (χ1n) is 16.5. The maximum atomic E-state index is 14.8. The number of hydrogen-bond donors (Lipinski definition) is 2. The van der Waals surface area contributed by atoms with Crippen molar-refractivity contribution in [2.45, 2.75) is 63.3 Å². The molecule has 10 nitrogen and oxygen atoms in total. The predicted molar refractivity (Wildman–Crippen MR) is 181 cm³/mol. The van der Waals surface area contributed by atoms with Crippen molar-refractivity contribution in [2.75, 3.05) is 44.7 Å². The third-order valence-corrected chi connectivity index (χ3v) is 10.4. The number of likely N-dealkylation sites (tertiary alicyclic amines) is 1. The first kappa shape index (κ1) is 33.9. The molecule has 47 heavy (non-hydrogen) atoms. The summed E-state index contributed by atoms with van der Waals surface area (Å²) in [4.78, 5) is 44.1. The fourth-order valence-corrected chi connectivity index (χ4v) is 7.78. The Kier molecular flexibility index (Phi) is 10.6. The molecule has 1 unspecified atom stereocenters. The van der Waals surface area contributed by atoms with Gasteiger partial charge in [0.2, 0.25) is 5.85 Å². The van der Waals surface area contributed by atoms with E-state index in [1.165, 1.54) is 0 Å². The minimum atomic E-state index is -1.35. The molecular weight excluding hydrogens is 643 g/mol. The molecule has 252 valence electrons. The van der Waals surface area contributed by atoms with Gasteiger partial charge in [-0.05, 0) is 68.7 Å². The Morgan fingerprint density at radius 3 is 2.40 bits per heavy atom. The molecule has 3 fully saturated rings. The summed E-state index contributed by atoms with van der Waals surface area (Å²) in [7, 11) is 1.89. The molecule has 2 aromatic carbocycles. The van der Waals surface area contributed by atoms with E-state index in [0.717, 1.165) is 30.2 Å². The molecule has 2 N–H and O–H groups in total. The van der Waals surface area contributed by atoms with E-state index in [9.17, 15) is 19.5 Å². The number of fused-ring (bicyclic) bond motifs is 1. The number of carboxylic acids is 1. The smallest absolute Gasteiger partial charge is 0.306 e. The van der Waals surface area contributed by atoms with Crippen LogP contribution in [0.2, 0.25) is 10.0 Å². The number of para-hydroxylation sites is 1. The Bertz CT molecular complexity index is 1620. The molecule has 1 atom stereocenters. The maximum Gasteiger partial charge on any atom is 0.306 e. The summed E-state index contributed by atoms with van der Waals surface area (Å²) in [5.74, 6) is -2.97. The summed E-state index contributed by atoms with van der Waals surface area (Å²) in [6.07, 6.45) is 6.32. The quantitative estimate of drug-likeness (QED) is 0.268. The molecule has 0 radical (unpaired) electrons. The Morgan fingerprint density at radius 1 is 0.957 bits per heavy atom. The van der Waals surface area contributed by atoms with Gasteiger partial charge in [0.1, 0.15) is 0 Å². The number of benzene rings is 2. The predicted octanol–water partition coefficient (Wildman–Crippen LogP) is 5.98. The summed E-state index contributed by atoms with van der Waals surface area (Å²) in [6.45, 7) is 3.66. The number of aryl methyl sites for hydroxylation is 1. The van der Waals surface area contributed by atoms with E-state index < -0.39 is 11.8 Å². The lowest BCUT2D eigenvalue weighted by atomic mass is 9.87. The summed E-state index contributed by atoms with van der Waals surface area (Å²) in [6, 6.07) is 10.9. The van der Waals surface area contributed by atoms with E-state index in [1.54, 1.807) is 18.3 Å². The Hall–Kier alpha value is -2.99. The van der Waals surface area contributed by atoms with E-state index >= 15 is 0 Å². The summed E-state index contributed by atoms with van der Waals surface area (Å²) >= 11 is 13.6. The number of Topliss-reactive ketones (excluding diaryl/α,β-unsaturated/α-hetero) is 1. The minimum absolute atomic E-state index is 0.0333. The van der Waals surface area contributed by atoms with E-state index in [2.05, 4.69) is 15.1 Å². The van der Waals surface area contributed by atoms with Gasteiger partial charge in [-0.15, -0.1) is 0 Å². The number of rotatable bonds is 10. The van der Waals surface area contributed by atoms with Gasteiger partial charge in [0.05, 0.1) is 34.9 Å². The highest BCUT2D eigenvalue weighted by Crippen LogP contribution is 2.38. The van der Waals surface area contributed by atoms with Crippen molar-refractivity contribution in [1.82, 2.24) is 14.4 Å². The second-order valence-corrected chi connectivity index (χ2v) is 13.6. The van der Waals surface area contributed by atoms with Crippen LogP contribution in [0.5, 0.6) is 0 Å². The van der Waals surface area contributed by atoms with Crippen molar-refractivity contribution in [3.63, 3.8) is 0 Å². The average molecular weight is 686 g/mol. The van der Waals surface area contributed by atoms with Gasteiger partial charge in [-0.2, -0.15) is 0 Å². The number of amides is 1. The average Bonchev–Trinajstić information content (AvgIpc) is 3.63. The normalized spacial score (nSPS) is 22.5. The third-order valence-electron chi connectivity index (χ3n) is 9.78. The zero-order valence-corrected chi connectivity index (χ0v) is 28.2. The van der Waals surface area contributed by atoms with Gasteiger partial charge >= 0.3 is 5.97 Å². The van der Waals surface area contributed by atoms with Gasteiger partial charge in [-0.1, -0.05) is 41.4 Å². The van der Waals surface area contributed by atoms with Gasteiger partial charge in [0, 0.05) is 68.4 Å². The molecule has 2 saturated heterocycles. The standard InChI is InChI=1S/C35H42Cl2N4O6/c1-39-22-27(26-7-2-3-8-31(26)39)33(43)38-30-21-28(36)24(19-29(30)37)20-32(42)35(40-13-4-5-14-40,41-15-6-17-46-18-16-41)47-25-11-9-23(10-12-25)34(44)45/h2-3,7-8,19,21-23,25H,4-6,9-18,20H2,1H3,(H,38,43)(H,44,45). The highest BCUT2D eigenvalue weighted by atomic mass is 35.5. The number of carbonyl (C=O) groups excluding carboxylic acids is 2. The molecule has 3 aliphatic rings. The number of carboxylic acid groups (broad SMARTS) is 1. The molecule has 0 spiro atoms. The molecule has 0 bridgehead atoms. The molecule has 12 heteroatoms. The molecule has 1 aromatic heterocycles. The largest absolute Gasteiger partial charge is 0.481 e. The lowest BCUT2D eigenvalue weighted by Gasteiger charge is -2.49. The van der Waals surface area contributed by atoms with E-state index in [1.807, 2.05) is 35.9 Å². The van der Waals surface area contributed by atoms with Gasteiger partial charge in [0.15, 0.2) is 5.78 Å². The van der Waals surface area contributed by atoms with Gasteiger partial charge in [-0.3, -0.25) is 24.2 Å². The van der Waals surface area contributed by atoms with Crippen LogP contribution in [0.25, 0.3) is 10.9 Å². The van der Waals surface area contributed by atoms with E-state index in [4.69, 9.17) is 32.7 Å². The number of aromatic nitrogens is 1. The molecule has 1 aliphatic carbocycles. The van der Waals surface area contributed by atoms with Crippen LogP contribution in [0.1, 0.15) is 60.9 Å². The van der Waals surface area contributed by atoms with Gasteiger partial charge in [0.25, 0.3) is 5.91 Å². The molecule has 3 heterocycles. The number of ether oxygens (including phenoxy) is 2. The number of ketones is 1. The Morgan fingerprint density at radius 2 is 1.66 bits per heavy atom. The number of halogens is 2. The number of carbonyl (C=O) groups is 3. The van der Waals surface area contributed by atoms with Gasteiger partial charge in [-0.25, -0.2) is 0 Å². The van der Waals surface area contributed by atoms with Crippen LogP contribution in [0.15, 0.2) is 42.6 Å². The minimum Gasteiger partial charge on any atom is -0.481 e. The van der Waals surface area contributed by atoms with E-state index in [0.29, 0.717) is 86.9 Å². The maximum absolute atomic E-state index is 14.8. The van der Waals surface area contributed by atoms with Crippen LogP contribution < -0.4 is 5.32 Å². The number of aliphatic carboxylic acids is 1. The first-order valence-corrected chi connectivity index (χ1v) is 17.3. The van der Waals surface area contributed by atoms with Crippen LogP contribution in [0, 0.1) is 5.92 Å². The molecule has 6 rings (SSSR count). The Balaban J connectivity index is 1.27. The van der Waals surface area contributed by atoms with Crippen molar-refractivity contribution in [2.24, 2.45) is 13.0 Å². The summed E-state index contributed by atoms with van der Waals surface area (Å²) < 4.78 is 14.7. The fraction of sp³-hybridized carbons (Fsp3) is 0.514. The van der Waals surface area contributed by atoms with Crippen LogP contribution in [-0.4, -0.2) is 88.5 Å². The molecule has 1 amide bonds. The number of hydrogen-bond acceptors (Lipinski definition) is 7. The lowest BCUT2D eigenvalue weighted by Crippen LogP contribution is -2.68. The molecular formula is C35H42Cl2N4O6. The van der Waals surface area contributed by atoms with Crippen LogP contribution >= 0.6 is 23.2 Å². The van der Waals surface area contributed by atoms with Crippen molar-refractivity contribution in [3.8, 4) is 0 Å². The highest BCUT2D eigenvalue weighted by molar-refractivity contribution is 6.36. The SMILES string of the molecule is Cn1cc(C(=O)Nc2cc(Cl)c(CC(=O)C(OC3CCC(C(=O)O)CC3)(N3CCCC3)N3CCCOCC3)cc2Cl)c2ccccc21. The zero-order valence-electron chi connectivity index (χ0n) is 26.7. The molecule has 1 saturated carbocycles. The third kappa shape index (κ3) is 7.09. The topological polar surface area (TPSA) is 113 Å². The van der Waals surface area contributed by atoms with Gasteiger partial charge < -0.3 is 24.5 Å². The highest BCUT2D eigenvalue weighted by Gasteiger charge is 2.52. The second kappa shape index (κ2) is 14.6. The monoisotopic (exact) mass is 684 g/mol. The summed E-state index contributed by atoms with van der Waals surface area (Å²) in [5.41, 5.74) is 2.34. The van der Waals surface area contributed by atoms with Crippen LogP contribution in [0.4, 0.5) is 5.69 Å². The molecule has 3 aromatic rings. The molecule has 2 aliphatic heterocycles. The number of nitrogens with one attached hydrogen (secondary N) is 1. The van der Waals surface area contributed by atoms with Crippen molar-refractivity contribution in [1.29, 1.82) is 0 Å². The fourth-order valence-electron chi connectivity index (χ4n) is 7.32. The van der Waals surface area contributed by atoms with Crippen molar-refractivity contribution < 1.29 is 29.0 Å². The van der Waals surface area contributed by atoms with E-state index in [-0.39, 0.29) is 35.2 Å². The zero-order chi connectivity index (χ0) is 33.1. The second-order valence-electron chi connectivity index (χ2n) is 12.8. The lowest BCUT2D eigenvalue weighted by molar-refractivity contribution is -0.256. The van der Waals surface area contributed by atoms with Crippen molar-refractivity contribution >= 4 is 57.5 Å². The first-order chi connectivity index (χ1) is 22.7. The van der Waals surface area contributed by atoms with Crippen LogP contribution in [0.3, 0.4) is 0 Å². The Labute approximate surface area is 284 Å². The van der Waals surface area contributed by atoms with Crippen molar-refractivity contribution in [3.05, 3.63) is 63.8 Å². The summed E-state index contributed by atoms with van der Waals surface area (Å²) in [5, 5.41) is 13.9.